The molecule has 1 aliphatic rings. The monoisotopic (exact) mass is 344 g/mol. The molecule has 0 spiro atoms. The zero-order valence-electron chi connectivity index (χ0n) is 14.0. The summed E-state index contributed by atoms with van der Waals surface area (Å²) in [6, 6.07) is 12.4. The number of hydrogen-bond acceptors (Lipinski definition) is 4. The summed E-state index contributed by atoms with van der Waals surface area (Å²) in [5, 5.41) is 4.94. The Morgan fingerprint density at radius 3 is 2.96 bits per heavy atom. The van der Waals surface area contributed by atoms with Gasteiger partial charge in [-0.3, -0.25) is 4.79 Å². The van der Waals surface area contributed by atoms with Crippen molar-refractivity contribution in [3.63, 3.8) is 0 Å². The van der Waals surface area contributed by atoms with Gasteiger partial charge in [0.2, 0.25) is 0 Å². The molecule has 0 aliphatic carbocycles. The fraction of sp³-hybridized carbons (Fsp3) is 0.421. The number of hydrogen-bond donors (Lipinski definition) is 1. The lowest BCUT2D eigenvalue weighted by Crippen LogP contribution is -2.31. The number of rotatable bonds is 7. The highest BCUT2D eigenvalue weighted by atomic mass is 32.1. The van der Waals surface area contributed by atoms with E-state index in [9.17, 15) is 4.79 Å². The number of carbonyl (C=O) groups is 1. The van der Waals surface area contributed by atoms with E-state index < -0.39 is 0 Å². The maximum atomic E-state index is 12.2. The molecule has 128 valence electrons. The minimum absolute atomic E-state index is 0.0235. The van der Waals surface area contributed by atoms with Gasteiger partial charge in [0, 0.05) is 19.6 Å². The van der Waals surface area contributed by atoms with Crippen LogP contribution in [0.3, 0.4) is 0 Å². The van der Waals surface area contributed by atoms with Crippen molar-refractivity contribution in [3.05, 3.63) is 52.2 Å². The van der Waals surface area contributed by atoms with E-state index in [4.69, 9.17) is 4.74 Å². The lowest BCUT2D eigenvalue weighted by molar-refractivity contribution is 0.0949. The number of methoxy groups -OCH3 is 1. The summed E-state index contributed by atoms with van der Waals surface area (Å²) in [5.41, 5.74) is 1.39. The Labute approximate surface area is 147 Å². The van der Waals surface area contributed by atoms with E-state index in [0.717, 1.165) is 39.0 Å². The van der Waals surface area contributed by atoms with E-state index in [2.05, 4.69) is 40.5 Å². The smallest absolute Gasteiger partial charge is 0.265 e. The number of ether oxygens (including phenoxy) is 1. The van der Waals surface area contributed by atoms with E-state index in [1.807, 2.05) is 11.4 Å². The summed E-state index contributed by atoms with van der Waals surface area (Å²) in [5.74, 6) is 1.17. The fourth-order valence-corrected chi connectivity index (χ4v) is 3.93. The number of likely N-dealkylation sites (tertiary alicyclic amines) is 1. The molecule has 1 aliphatic heterocycles. The van der Waals surface area contributed by atoms with Crippen molar-refractivity contribution in [1.29, 1.82) is 0 Å². The molecule has 0 saturated carbocycles. The number of benzene rings is 1. The molecule has 1 aromatic carbocycles. The lowest BCUT2D eigenvalue weighted by atomic mass is 10.1. The summed E-state index contributed by atoms with van der Waals surface area (Å²) >= 11 is 1.42. The van der Waals surface area contributed by atoms with Crippen LogP contribution >= 0.6 is 11.3 Å². The molecule has 5 heteroatoms. The van der Waals surface area contributed by atoms with Crippen LogP contribution in [-0.2, 0) is 6.42 Å². The molecule has 1 fully saturated rings. The van der Waals surface area contributed by atoms with Crippen LogP contribution in [0.2, 0.25) is 0 Å². The fourth-order valence-electron chi connectivity index (χ4n) is 3.16. The SMILES string of the molecule is COc1ccsc1C(=O)NCC1CCN(CCc2ccccc2)C1. The van der Waals surface area contributed by atoms with Crippen LogP contribution < -0.4 is 10.1 Å². The molecule has 3 rings (SSSR count). The molecule has 1 unspecified atom stereocenters. The van der Waals surface area contributed by atoms with Gasteiger partial charge in [-0.25, -0.2) is 0 Å². The largest absolute Gasteiger partial charge is 0.495 e. The van der Waals surface area contributed by atoms with Gasteiger partial charge >= 0.3 is 0 Å². The topological polar surface area (TPSA) is 41.6 Å². The van der Waals surface area contributed by atoms with Gasteiger partial charge in [-0.1, -0.05) is 30.3 Å². The molecule has 24 heavy (non-hydrogen) atoms. The Morgan fingerprint density at radius 2 is 2.17 bits per heavy atom. The number of carbonyl (C=O) groups excluding carboxylic acids is 1. The Bertz CT molecular complexity index is 656. The van der Waals surface area contributed by atoms with Gasteiger partial charge in [0.15, 0.2) is 0 Å². The summed E-state index contributed by atoms with van der Waals surface area (Å²) in [6.07, 6.45) is 2.24. The number of thiophene rings is 1. The summed E-state index contributed by atoms with van der Waals surface area (Å²) in [4.78, 5) is 15.4. The van der Waals surface area contributed by atoms with Crippen molar-refractivity contribution >= 4 is 17.2 Å². The third-order valence-electron chi connectivity index (χ3n) is 4.54. The van der Waals surface area contributed by atoms with Gasteiger partial charge in [-0.15, -0.1) is 11.3 Å². The van der Waals surface area contributed by atoms with E-state index in [1.165, 1.54) is 16.9 Å². The number of nitrogens with one attached hydrogen (secondary N) is 1. The van der Waals surface area contributed by atoms with Gasteiger partial charge in [-0.05, 0) is 42.3 Å². The molecule has 0 bridgehead atoms. The van der Waals surface area contributed by atoms with Crippen LogP contribution in [-0.4, -0.2) is 44.1 Å². The summed E-state index contributed by atoms with van der Waals surface area (Å²) < 4.78 is 5.21. The molecule has 1 atom stereocenters. The highest BCUT2D eigenvalue weighted by molar-refractivity contribution is 7.12. The predicted molar refractivity (Wildman–Crippen MR) is 97.9 cm³/mol. The maximum Gasteiger partial charge on any atom is 0.265 e. The molecule has 0 radical (unpaired) electrons. The highest BCUT2D eigenvalue weighted by Gasteiger charge is 2.23. The van der Waals surface area contributed by atoms with Crippen molar-refractivity contribution in [2.45, 2.75) is 12.8 Å². The second-order valence-electron chi connectivity index (χ2n) is 6.22. The standard InChI is InChI=1S/C19H24N2O2S/c1-23-17-9-12-24-18(17)19(22)20-13-16-8-11-21(14-16)10-7-15-5-3-2-4-6-15/h2-6,9,12,16H,7-8,10-11,13-14H2,1H3,(H,20,22). The molecule has 2 aromatic rings. The quantitative estimate of drug-likeness (QED) is 0.839. The Balaban J connectivity index is 1.41. The van der Waals surface area contributed by atoms with Crippen molar-refractivity contribution in [1.82, 2.24) is 10.2 Å². The predicted octanol–water partition coefficient (Wildman–Crippen LogP) is 3.05. The van der Waals surface area contributed by atoms with Gasteiger partial charge in [0.1, 0.15) is 10.6 Å². The molecular weight excluding hydrogens is 320 g/mol. The summed E-state index contributed by atoms with van der Waals surface area (Å²) in [7, 11) is 1.60. The van der Waals surface area contributed by atoms with E-state index in [1.54, 1.807) is 7.11 Å². The zero-order chi connectivity index (χ0) is 16.8. The average Bonchev–Trinajstić information content (AvgIpc) is 3.28. The van der Waals surface area contributed by atoms with Crippen LogP contribution in [0.4, 0.5) is 0 Å². The second kappa shape index (κ2) is 8.31. The Kier molecular flexibility index (Phi) is 5.88. The molecule has 2 heterocycles. The van der Waals surface area contributed by atoms with E-state index in [-0.39, 0.29) is 5.91 Å². The van der Waals surface area contributed by atoms with Gasteiger partial charge in [0.25, 0.3) is 5.91 Å². The van der Waals surface area contributed by atoms with Crippen LogP contribution in [0, 0.1) is 5.92 Å². The van der Waals surface area contributed by atoms with Crippen LogP contribution in [0.5, 0.6) is 5.75 Å². The van der Waals surface area contributed by atoms with Crippen molar-refractivity contribution in [2.24, 2.45) is 5.92 Å². The molecule has 1 N–H and O–H groups in total. The van der Waals surface area contributed by atoms with Crippen LogP contribution in [0.1, 0.15) is 21.7 Å². The summed E-state index contributed by atoms with van der Waals surface area (Å²) in [6.45, 7) is 4.01. The van der Waals surface area contributed by atoms with Gasteiger partial charge < -0.3 is 15.0 Å². The third kappa shape index (κ3) is 4.36. The minimum atomic E-state index is -0.0235. The molecule has 1 saturated heterocycles. The number of nitrogens with zero attached hydrogens (tertiary/aromatic N) is 1. The highest BCUT2D eigenvalue weighted by Crippen LogP contribution is 2.24. The van der Waals surface area contributed by atoms with Gasteiger partial charge in [-0.2, -0.15) is 0 Å². The second-order valence-corrected chi connectivity index (χ2v) is 7.14. The van der Waals surface area contributed by atoms with Crippen molar-refractivity contribution in [3.8, 4) is 5.75 Å². The average molecular weight is 344 g/mol. The number of amides is 1. The molecule has 4 nitrogen and oxygen atoms in total. The van der Waals surface area contributed by atoms with Crippen molar-refractivity contribution < 1.29 is 9.53 Å². The first kappa shape index (κ1) is 17.0. The molecule has 1 aromatic heterocycles. The van der Waals surface area contributed by atoms with E-state index >= 15 is 0 Å². The first-order valence-corrected chi connectivity index (χ1v) is 9.30. The molecule has 1 amide bonds. The van der Waals surface area contributed by atoms with E-state index in [0.29, 0.717) is 16.5 Å². The Morgan fingerprint density at radius 1 is 1.33 bits per heavy atom. The van der Waals surface area contributed by atoms with Crippen LogP contribution in [0.15, 0.2) is 41.8 Å². The first-order valence-electron chi connectivity index (χ1n) is 8.42. The first-order chi connectivity index (χ1) is 11.8. The van der Waals surface area contributed by atoms with Crippen LogP contribution in [0.25, 0.3) is 0 Å². The Hall–Kier alpha value is -1.85. The van der Waals surface area contributed by atoms with Crippen molar-refractivity contribution in [2.75, 3.05) is 33.3 Å². The lowest BCUT2D eigenvalue weighted by Gasteiger charge is -2.16. The minimum Gasteiger partial charge on any atom is -0.495 e. The molecular formula is C19H24N2O2S. The third-order valence-corrected chi connectivity index (χ3v) is 5.43. The van der Waals surface area contributed by atoms with Gasteiger partial charge in [0.05, 0.1) is 7.11 Å². The maximum absolute atomic E-state index is 12.2. The zero-order valence-corrected chi connectivity index (χ0v) is 14.8. The normalized spacial score (nSPS) is 17.8.